The molecule has 0 unspecified atom stereocenters. The van der Waals surface area contributed by atoms with Crippen LogP contribution in [0.3, 0.4) is 0 Å². The van der Waals surface area contributed by atoms with Crippen LogP contribution in [0.5, 0.6) is 0 Å². The summed E-state index contributed by atoms with van der Waals surface area (Å²) in [6, 6.07) is 13.5. The van der Waals surface area contributed by atoms with Gasteiger partial charge in [-0.15, -0.1) is 0 Å². The van der Waals surface area contributed by atoms with Crippen LogP contribution in [-0.2, 0) is 6.42 Å². The van der Waals surface area contributed by atoms with Crippen LogP contribution in [0.1, 0.15) is 37.8 Å². The lowest BCUT2D eigenvalue weighted by molar-refractivity contribution is 0.869. The molecule has 15 heavy (non-hydrogen) atoms. The zero-order chi connectivity index (χ0) is 10.8. The largest absolute Gasteiger partial charge is 0.0613 e. The minimum atomic E-state index is 0.611. The van der Waals surface area contributed by atoms with E-state index >= 15 is 0 Å². The molecular formula is C15H18. The molecule has 0 bridgehead atoms. The van der Waals surface area contributed by atoms with Crippen LogP contribution in [0.25, 0.3) is 10.8 Å². The molecule has 0 saturated heterocycles. The summed E-state index contributed by atoms with van der Waals surface area (Å²) in [6.45, 7) is 6.67. The van der Waals surface area contributed by atoms with Gasteiger partial charge in [0.15, 0.2) is 0 Å². The molecule has 0 atom stereocenters. The van der Waals surface area contributed by atoms with E-state index in [9.17, 15) is 0 Å². The fourth-order valence-electron chi connectivity index (χ4n) is 1.89. The molecule has 2 aromatic rings. The van der Waals surface area contributed by atoms with E-state index in [1.54, 1.807) is 0 Å². The maximum absolute atomic E-state index is 2.30. The molecule has 78 valence electrons. The zero-order valence-corrected chi connectivity index (χ0v) is 9.75. The zero-order valence-electron chi connectivity index (χ0n) is 9.75. The summed E-state index contributed by atoms with van der Waals surface area (Å²) in [5.74, 6) is 0.611. The molecular weight excluding hydrogens is 180 g/mol. The predicted octanol–water partition coefficient (Wildman–Crippen LogP) is 4.53. The molecule has 0 aliphatic carbocycles. The molecule has 0 aliphatic heterocycles. The van der Waals surface area contributed by atoms with E-state index in [1.165, 1.54) is 21.9 Å². The van der Waals surface area contributed by atoms with Crippen molar-refractivity contribution < 1.29 is 0 Å². The quantitative estimate of drug-likeness (QED) is 0.665. The van der Waals surface area contributed by atoms with E-state index in [1.807, 2.05) is 0 Å². The SMILES string of the molecule is CCc1ccc2cc(C(C)C)ccc2c1. The van der Waals surface area contributed by atoms with Gasteiger partial charge in [-0.3, -0.25) is 0 Å². The van der Waals surface area contributed by atoms with Crippen molar-refractivity contribution in [2.75, 3.05) is 0 Å². The number of fused-ring (bicyclic) bond motifs is 1. The highest BCUT2D eigenvalue weighted by Crippen LogP contribution is 2.22. The lowest BCUT2D eigenvalue weighted by atomic mass is 9.98. The Hall–Kier alpha value is -1.30. The lowest BCUT2D eigenvalue weighted by Crippen LogP contribution is -1.87. The first-order valence-electron chi connectivity index (χ1n) is 5.73. The van der Waals surface area contributed by atoms with Gasteiger partial charge in [-0.2, -0.15) is 0 Å². The Morgan fingerprint density at radius 2 is 1.60 bits per heavy atom. The molecule has 0 radical (unpaired) electrons. The van der Waals surface area contributed by atoms with E-state index in [0.717, 1.165) is 6.42 Å². The Balaban J connectivity index is 2.55. The number of benzene rings is 2. The van der Waals surface area contributed by atoms with Gasteiger partial charge in [-0.25, -0.2) is 0 Å². The van der Waals surface area contributed by atoms with Gasteiger partial charge < -0.3 is 0 Å². The molecule has 0 aromatic heterocycles. The fourth-order valence-corrected chi connectivity index (χ4v) is 1.89. The molecule has 0 saturated carbocycles. The van der Waals surface area contributed by atoms with Crippen LogP contribution in [0.2, 0.25) is 0 Å². The van der Waals surface area contributed by atoms with Crippen molar-refractivity contribution in [3.8, 4) is 0 Å². The molecule has 0 amide bonds. The van der Waals surface area contributed by atoms with Gasteiger partial charge in [0.25, 0.3) is 0 Å². The summed E-state index contributed by atoms with van der Waals surface area (Å²) in [5.41, 5.74) is 2.84. The maximum atomic E-state index is 2.30. The van der Waals surface area contributed by atoms with Crippen LogP contribution >= 0.6 is 0 Å². The third kappa shape index (κ3) is 2.04. The van der Waals surface area contributed by atoms with Crippen LogP contribution in [0, 0.1) is 0 Å². The second kappa shape index (κ2) is 4.06. The first-order valence-corrected chi connectivity index (χ1v) is 5.73. The second-order valence-corrected chi connectivity index (χ2v) is 4.45. The van der Waals surface area contributed by atoms with Crippen molar-refractivity contribution in [3.63, 3.8) is 0 Å². The number of aryl methyl sites for hydroxylation is 1. The Morgan fingerprint density at radius 1 is 0.933 bits per heavy atom. The number of rotatable bonds is 2. The molecule has 0 aliphatic rings. The summed E-state index contributed by atoms with van der Waals surface area (Å²) in [6.07, 6.45) is 1.11. The molecule has 2 rings (SSSR count). The average Bonchev–Trinajstić information content (AvgIpc) is 2.27. The average molecular weight is 198 g/mol. The van der Waals surface area contributed by atoms with Crippen molar-refractivity contribution in [1.29, 1.82) is 0 Å². The standard InChI is InChI=1S/C15H18/c1-4-12-5-6-15-10-13(11(2)3)7-8-14(15)9-12/h5-11H,4H2,1-3H3. The second-order valence-electron chi connectivity index (χ2n) is 4.45. The van der Waals surface area contributed by atoms with Gasteiger partial charge in [0.2, 0.25) is 0 Å². The van der Waals surface area contributed by atoms with Gasteiger partial charge in [0.1, 0.15) is 0 Å². The molecule has 0 spiro atoms. The first-order chi connectivity index (χ1) is 7.20. The van der Waals surface area contributed by atoms with Gasteiger partial charge >= 0.3 is 0 Å². The molecule has 0 fully saturated rings. The highest BCUT2D eigenvalue weighted by atomic mass is 14.1. The minimum Gasteiger partial charge on any atom is -0.0613 e. The Kier molecular flexibility index (Phi) is 2.77. The molecule has 0 heteroatoms. The van der Waals surface area contributed by atoms with Gasteiger partial charge in [0.05, 0.1) is 0 Å². The van der Waals surface area contributed by atoms with Crippen molar-refractivity contribution in [1.82, 2.24) is 0 Å². The summed E-state index contributed by atoms with van der Waals surface area (Å²) >= 11 is 0. The van der Waals surface area contributed by atoms with E-state index in [0.29, 0.717) is 5.92 Å². The van der Waals surface area contributed by atoms with E-state index in [2.05, 4.69) is 57.2 Å². The van der Waals surface area contributed by atoms with Crippen LogP contribution in [-0.4, -0.2) is 0 Å². The Labute approximate surface area is 91.9 Å². The molecule has 0 nitrogen and oxygen atoms in total. The van der Waals surface area contributed by atoms with Crippen LogP contribution in [0.15, 0.2) is 36.4 Å². The Morgan fingerprint density at radius 3 is 2.27 bits per heavy atom. The summed E-state index contributed by atoms with van der Waals surface area (Å²) < 4.78 is 0. The fraction of sp³-hybridized carbons (Fsp3) is 0.333. The van der Waals surface area contributed by atoms with Gasteiger partial charge in [0, 0.05) is 0 Å². The van der Waals surface area contributed by atoms with Crippen molar-refractivity contribution in [2.45, 2.75) is 33.1 Å². The highest BCUT2D eigenvalue weighted by Gasteiger charge is 2.00. The first kappa shape index (κ1) is 10.2. The smallest absolute Gasteiger partial charge is 0.0181 e. The van der Waals surface area contributed by atoms with E-state index < -0.39 is 0 Å². The molecule has 2 aromatic carbocycles. The summed E-state index contributed by atoms with van der Waals surface area (Å²) in [7, 11) is 0. The van der Waals surface area contributed by atoms with Crippen molar-refractivity contribution in [3.05, 3.63) is 47.5 Å². The van der Waals surface area contributed by atoms with Gasteiger partial charge in [-0.1, -0.05) is 57.2 Å². The topological polar surface area (TPSA) is 0 Å². The minimum absolute atomic E-state index is 0.611. The number of hydrogen-bond acceptors (Lipinski definition) is 0. The van der Waals surface area contributed by atoms with Crippen molar-refractivity contribution >= 4 is 10.8 Å². The number of hydrogen-bond donors (Lipinski definition) is 0. The normalized spacial score (nSPS) is 11.2. The van der Waals surface area contributed by atoms with Crippen LogP contribution in [0.4, 0.5) is 0 Å². The molecule has 0 heterocycles. The predicted molar refractivity (Wildman–Crippen MR) is 67.4 cm³/mol. The molecule has 0 N–H and O–H groups in total. The van der Waals surface area contributed by atoms with E-state index in [4.69, 9.17) is 0 Å². The Bertz CT molecular complexity index is 466. The monoisotopic (exact) mass is 198 g/mol. The van der Waals surface area contributed by atoms with Crippen LogP contribution < -0.4 is 0 Å². The summed E-state index contributed by atoms with van der Waals surface area (Å²) in [4.78, 5) is 0. The van der Waals surface area contributed by atoms with E-state index in [-0.39, 0.29) is 0 Å². The third-order valence-corrected chi connectivity index (χ3v) is 3.00. The highest BCUT2D eigenvalue weighted by molar-refractivity contribution is 5.83. The lowest BCUT2D eigenvalue weighted by Gasteiger charge is -2.07. The summed E-state index contributed by atoms with van der Waals surface area (Å²) in [5, 5.41) is 2.72. The maximum Gasteiger partial charge on any atom is -0.0181 e. The third-order valence-electron chi connectivity index (χ3n) is 3.00. The van der Waals surface area contributed by atoms with Crippen molar-refractivity contribution in [2.24, 2.45) is 0 Å². The van der Waals surface area contributed by atoms with Gasteiger partial charge in [-0.05, 0) is 34.2 Å².